The third kappa shape index (κ3) is 5.20. The van der Waals surface area contributed by atoms with E-state index in [0.29, 0.717) is 46.8 Å². The lowest BCUT2D eigenvalue weighted by Crippen LogP contribution is -2.24. The summed E-state index contributed by atoms with van der Waals surface area (Å²) in [7, 11) is 1.80. The first-order valence-electron chi connectivity index (χ1n) is 10.6. The van der Waals surface area contributed by atoms with Crippen molar-refractivity contribution in [2.24, 2.45) is 7.05 Å². The molecule has 1 N–H and O–H groups in total. The van der Waals surface area contributed by atoms with Gasteiger partial charge in [0.15, 0.2) is 17.2 Å². The van der Waals surface area contributed by atoms with E-state index in [2.05, 4.69) is 20.4 Å². The van der Waals surface area contributed by atoms with Crippen molar-refractivity contribution in [3.05, 3.63) is 72.0 Å². The number of pyridine rings is 1. The van der Waals surface area contributed by atoms with Gasteiger partial charge in [-0.05, 0) is 31.5 Å². The number of rotatable bonds is 9. The van der Waals surface area contributed by atoms with Crippen molar-refractivity contribution in [3.8, 4) is 28.8 Å². The Morgan fingerprint density at radius 1 is 1.18 bits per heavy atom. The summed E-state index contributed by atoms with van der Waals surface area (Å²) < 4.78 is 19.1. The lowest BCUT2D eigenvalue weighted by atomic mass is 10.2. The third-order valence-electron chi connectivity index (χ3n) is 4.77. The minimum absolute atomic E-state index is 0.203. The van der Waals surface area contributed by atoms with Crippen molar-refractivity contribution in [3.63, 3.8) is 0 Å². The van der Waals surface area contributed by atoms with Crippen LogP contribution in [0.3, 0.4) is 0 Å². The summed E-state index contributed by atoms with van der Waals surface area (Å²) in [5.74, 6) is 2.01. The van der Waals surface area contributed by atoms with Gasteiger partial charge in [-0.15, -0.1) is 0 Å². The first-order chi connectivity index (χ1) is 16.0. The van der Waals surface area contributed by atoms with Crippen molar-refractivity contribution in [1.29, 1.82) is 0 Å². The predicted octanol–water partition coefficient (Wildman–Crippen LogP) is 4.29. The minimum atomic E-state index is -0.354. The minimum Gasteiger partial charge on any atom is -0.490 e. The first-order valence-corrected chi connectivity index (χ1v) is 10.6. The number of oxazole rings is 1. The molecular weight excluding hydrogens is 422 g/mol. The zero-order valence-corrected chi connectivity index (χ0v) is 18.7. The summed E-state index contributed by atoms with van der Waals surface area (Å²) in [6.07, 6.45) is 5.93. The highest BCUT2D eigenvalue weighted by atomic mass is 16.5. The second kappa shape index (κ2) is 9.99. The molecule has 3 aromatic heterocycles. The van der Waals surface area contributed by atoms with Crippen LogP contribution in [0.1, 0.15) is 35.2 Å². The topological polar surface area (TPSA) is 104 Å². The lowest BCUT2D eigenvalue weighted by molar-refractivity contribution is 0.0945. The van der Waals surface area contributed by atoms with E-state index in [4.69, 9.17) is 13.9 Å². The average Bonchev–Trinajstić information content (AvgIpc) is 3.43. The number of nitrogens with one attached hydrogen (secondary N) is 1. The maximum absolute atomic E-state index is 12.8. The number of carbonyl (C=O) groups excluding carboxylic acids is 1. The highest BCUT2D eigenvalue weighted by Crippen LogP contribution is 2.32. The number of ether oxygens (including phenoxy) is 2. The standard InChI is InChI=1S/C24H25N5O4/c1-4-12-31-19-9-5-6-10-20(19)33-23-17(8-7-11-25-23)13-26-22(30)21-16(2)32-24(28-21)18-14-27-29(3)15-18/h5-11,14-15H,4,12-13H2,1-3H3,(H,26,30). The molecule has 0 bridgehead atoms. The van der Waals surface area contributed by atoms with Gasteiger partial charge in [0.2, 0.25) is 11.8 Å². The molecular formula is C24H25N5O4. The number of benzene rings is 1. The molecule has 1 aromatic carbocycles. The molecule has 0 radical (unpaired) electrons. The predicted molar refractivity (Wildman–Crippen MR) is 121 cm³/mol. The highest BCUT2D eigenvalue weighted by Gasteiger charge is 2.19. The molecule has 9 heteroatoms. The third-order valence-corrected chi connectivity index (χ3v) is 4.77. The second-order valence-electron chi connectivity index (χ2n) is 7.37. The molecule has 9 nitrogen and oxygen atoms in total. The molecule has 4 aromatic rings. The molecule has 1 amide bonds. The SMILES string of the molecule is CCCOc1ccccc1Oc1ncccc1CNC(=O)c1nc(-c2cnn(C)c2)oc1C. The van der Waals surface area contributed by atoms with E-state index in [1.807, 2.05) is 37.3 Å². The maximum atomic E-state index is 12.8. The van der Waals surface area contributed by atoms with Crippen molar-refractivity contribution in [1.82, 2.24) is 25.1 Å². The Bertz CT molecular complexity index is 1250. The van der Waals surface area contributed by atoms with Crippen LogP contribution < -0.4 is 14.8 Å². The molecule has 0 spiro atoms. The summed E-state index contributed by atoms with van der Waals surface area (Å²) in [4.78, 5) is 21.5. The number of hydrogen-bond donors (Lipinski definition) is 1. The maximum Gasteiger partial charge on any atom is 0.273 e. The van der Waals surface area contributed by atoms with E-state index < -0.39 is 0 Å². The Morgan fingerprint density at radius 3 is 2.76 bits per heavy atom. The molecule has 0 unspecified atom stereocenters. The van der Waals surface area contributed by atoms with Gasteiger partial charge in [0.05, 0.1) is 18.4 Å². The van der Waals surface area contributed by atoms with Gasteiger partial charge in [0, 0.05) is 31.5 Å². The van der Waals surface area contributed by atoms with Gasteiger partial charge in [-0.25, -0.2) is 9.97 Å². The zero-order chi connectivity index (χ0) is 23.2. The molecule has 0 aliphatic rings. The molecule has 0 saturated heterocycles. The summed E-state index contributed by atoms with van der Waals surface area (Å²) in [5, 5.41) is 6.97. The Morgan fingerprint density at radius 2 is 2.00 bits per heavy atom. The van der Waals surface area contributed by atoms with E-state index in [1.165, 1.54) is 0 Å². The van der Waals surface area contributed by atoms with Crippen LogP contribution in [-0.4, -0.2) is 32.3 Å². The van der Waals surface area contributed by atoms with Crippen LogP contribution in [0.4, 0.5) is 0 Å². The van der Waals surface area contributed by atoms with E-state index in [-0.39, 0.29) is 18.1 Å². The van der Waals surface area contributed by atoms with Gasteiger partial charge < -0.3 is 19.2 Å². The van der Waals surface area contributed by atoms with Crippen LogP contribution in [0.25, 0.3) is 11.5 Å². The number of amides is 1. The van der Waals surface area contributed by atoms with Gasteiger partial charge in [-0.2, -0.15) is 5.10 Å². The normalized spacial score (nSPS) is 10.8. The summed E-state index contributed by atoms with van der Waals surface area (Å²) >= 11 is 0. The van der Waals surface area contributed by atoms with E-state index in [9.17, 15) is 4.79 Å². The fourth-order valence-corrected chi connectivity index (χ4v) is 3.14. The Balaban J connectivity index is 1.47. The molecule has 0 saturated carbocycles. The van der Waals surface area contributed by atoms with Crippen LogP contribution in [0, 0.1) is 6.92 Å². The van der Waals surface area contributed by atoms with Crippen molar-refractivity contribution >= 4 is 5.91 Å². The lowest BCUT2D eigenvalue weighted by Gasteiger charge is -2.14. The highest BCUT2D eigenvalue weighted by molar-refractivity contribution is 5.93. The summed E-state index contributed by atoms with van der Waals surface area (Å²) in [6.45, 7) is 4.53. The van der Waals surface area contributed by atoms with Gasteiger partial charge in [-0.1, -0.05) is 25.1 Å². The molecule has 0 atom stereocenters. The Kier molecular flexibility index (Phi) is 6.68. The van der Waals surface area contributed by atoms with E-state index in [0.717, 1.165) is 6.42 Å². The number of carbonyl (C=O) groups is 1. The van der Waals surface area contributed by atoms with Gasteiger partial charge >= 0.3 is 0 Å². The van der Waals surface area contributed by atoms with Crippen LogP contribution in [0.15, 0.2) is 59.4 Å². The fourth-order valence-electron chi connectivity index (χ4n) is 3.14. The summed E-state index contributed by atoms with van der Waals surface area (Å²) in [6, 6.07) is 11.1. The van der Waals surface area contributed by atoms with Crippen molar-refractivity contribution < 1.29 is 18.7 Å². The summed E-state index contributed by atoms with van der Waals surface area (Å²) in [5.41, 5.74) is 1.63. The number of nitrogens with zero attached hydrogens (tertiary/aromatic N) is 4. The molecule has 170 valence electrons. The molecule has 0 aliphatic heterocycles. The average molecular weight is 447 g/mol. The first kappa shape index (κ1) is 22.1. The largest absolute Gasteiger partial charge is 0.490 e. The monoisotopic (exact) mass is 447 g/mol. The fraction of sp³-hybridized carbons (Fsp3) is 0.250. The van der Waals surface area contributed by atoms with Crippen molar-refractivity contribution in [2.75, 3.05) is 6.61 Å². The zero-order valence-electron chi connectivity index (χ0n) is 18.7. The Hall–Kier alpha value is -4.14. The van der Waals surface area contributed by atoms with Gasteiger partial charge in [0.1, 0.15) is 5.76 Å². The van der Waals surface area contributed by atoms with Gasteiger partial charge in [0.25, 0.3) is 5.91 Å². The van der Waals surface area contributed by atoms with E-state index in [1.54, 1.807) is 43.3 Å². The number of aryl methyl sites for hydroxylation is 2. The van der Waals surface area contributed by atoms with Crippen LogP contribution in [0.2, 0.25) is 0 Å². The quantitative estimate of drug-likeness (QED) is 0.408. The molecule has 0 aliphatic carbocycles. The smallest absolute Gasteiger partial charge is 0.273 e. The molecule has 3 heterocycles. The van der Waals surface area contributed by atoms with Crippen molar-refractivity contribution in [2.45, 2.75) is 26.8 Å². The number of para-hydroxylation sites is 2. The van der Waals surface area contributed by atoms with E-state index >= 15 is 0 Å². The molecule has 4 rings (SSSR count). The molecule has 33 heavy (non-hydrogen) atoms. The molecule has 0 fully saturated rings. The van der Waals surface area contributed by atoms with Crippen LogP contribution in [-0.2, 0) is 13.6 Å². The number of hydrogen-bond acceptors (Lipinski definition) is 7. The van der Waals surface area contributed by atoms with Crippen LogP contribution in [0.5, 0.6) is 17.4 Å². The van der Waals surface area contributed by atoms with Crippen LogP contribution >= 0.6 is 0 Å². The number of aromatic nitrogens is 4. The second-order valence-corrected chi connectivity index (χ2v) is 7.37. The Labute approximate surface area is 191 Å². The van der Waals surface area contributed by atoms with Gasteiger partial charge in [-0.3, -0.25) is 9.48 Å².